The van der Waals surface area contributed by atoms with Crippen molar-refractivity contribution in [3.05, 3.63) is 90.8 Å². The van der Waals surface area contributed by atoms with Gasteiger partial charge in [-0.1, -0.05) is 32.1 Å². The van der Waals surface area contributed by atoms with E-state index >= 15 is 4.39 Å². The standard InChI is InChI=1S/C39H50FN5O3S/c1-3-37-41-19-22-44(37)27-39(30-7-5-8-31(40)23-30,35-9-6-10-36(35)42-38(46)4-2)29-17-20-43(21-18-29)24-28-25-45(26-28)32-11-13-33(14-12-32)49(47,48)34-15-16-34/h4-5,7-8,11-14,19,22-23,28-29,34-36H,2-3,6,9-10,15-18,20-21,24-27H2,1H3,(H,42,46)/t35-,36-,39-/m0/s1. The molecule has 2 saturated carbocycles. The van der Waals surface area contributed by atoms with Crippen LogP contribution in [0.3, 0.4) is 0 Å². The second-order valence-corrected chi connectivity index (χ2v) is 17.0. The first-order valence-corrected chi connectivity index (χ1v) is 19.8. The number of anilines is 1. The monoisotopic (exact) mass is 687 g/mol. The summed E-state index contributed by atoms with van der Waals surface area (Å²) in [7, 11) is -3.17. The van der Waals surface area contributed by atoms with Crippen LogP contribution in [0.2, 0.25) is 0 Å². The number of sulfone groups is 1. The van der Waals surface area contributed by atoms with Gasteiger partial charge < -0.3 is 19.7 Å². The van der Waals surface area contributed by atoms with Crippen LogP contribution in [0.1, 0.15) is 63.3 Å². The molecule has 1 N–H and O–H groups in total. The van der Waals surface area contributed by atoms with Crippen LogP contribution in [0.15, 0.2) is 78.5 Å². The number of amides is 1. The average molecular weight is 688 g/mol. The molecule has 262 valence electrons. The van der Waals surface area contributed by atoms with Gasteiger partial charge in [-0.2, -0.15) is 0 Å². The molecule has 8 nitrogen and oxygen atoms in total. The van der Waals surface area contributed by atoms with Gasteiger partial charge >= 0.3 is 0 Å². The van der Waals surface area contributed by atoms with Gasteiger partial charge in [0.1, 0.15) is 11.6 Å². The molecule has 1 aromatic heterocycles. The molecule has 4 aliphatic rings. The lowest BCUT2D eigenvalue weighted by Crippen LogP contribution is -2.56. The number of halogens is 1. The van der Waals surface area contributed by atoms with E-state index in [4.69, 9.17) is 0 Å². The van der Waals surface area contributed by atoms with Crippen molar-refractivity contribution in [3.63, 3.8) is 0 Å². The molecule has 0 unspecified atom stereocenters. The third-order valence-electron chi connectivity index (χ3n) is 11.9. The van der Waals surface area contributed by atoms with Gasteiger partial charge in [0.15, 0.2) is 9.84 Å². The van der Waals surface area contributed by atoms with Crippen molar-refractivity contribution >= 4 is 21.4 Å². The summed E-state index contributed by atoms with van der Waals surface area (Å²) in [4.78, 5) is 22.7. The van der Waals surface area contributed by atoms with Gasteiger partial charge in [-0.05, 0) is 111 Å². The van der Waals surface area contributed by atoms with E-state index in [0.29, 0.717) is 23.3 Å². The Balaban J connectivity index is 1.07. The zero-order chi connectivity index (χ0) is 34.2. The molecule has 3 aromatic rings. The highest BCUT2D eigenvalue weighted by molar-refractivity contribution is 7.92. The number of hydrogen-bond donors (Lipinski definition) is 1. The molecule has 0 bridgehead atoms. The molecule has 7 rings (SSSR count). The number of aryl methyl sites for hydroxylation is 1. The summed E-state index contributed by atoms with van der Waals surface area (Å²) in [5.74, 6) is 1.66. The molecular weight excluding hydrogens is 638 g/mol. The number of likely N-dealkylation sites (tertiary alicyclic amines) is 1. The summed E-state index contributed by atoms with van der Waals surface area (Å²) in [6.07, 6.45) is 12.6. The molecule has 2 aromatic carbocycles. The second kappa shape index (κ2) is 14.0. The summed E-state index contributed by atoms with van der Waals surface area (Å²) in [5, 5.41) is 3.09. The highest BCUT2D eigenvalue weighted by atomic mass is 32.2. The van der Waals surface area contributed by atoms with Crippen LogP contribution in [0, 0.1) is 23.6 Å². The minimum absolute atomic E-state index is 0.00997. The number of aromatic nitrogens is 2. The fourth-order valence-electron chi connectivity index (χ4n) is 9.25. The van der Waals surface area contributed by atoms with Crippen molar-refractivity contribution < 1.29 is 17.6 Å². The molecule has 2 aliphatic heterocycles. The largest absolute Gasteiger partial charge is 0.371 e. The van der Waals surface area contributed by atoms with E-state index in [0.717, 1.165) is 101 Å². The lowest BCUT2D eigenvalue weighted by molar-refractivity contribution is -0.117. The van der Waals surface area contributed by atoms with E-state index in [2.05, 4.69) is 50.4 Å². The number of carbonyl (C=O) groups is 1. The van der Waals surface area contributed by atoms with E-state index < -0.39 is 9.84 Å². The summed E-state index contributed by atoms with van der Waals surface area (Å²) in [6.45, 7) is 11.5. The van der Waals surface area contributed by atoms with Gasteiger partial charge in [0.2, 0.25) is 5.91 Å². The van der Waals surface area contributed by atoms with Crippen LogP contribution in [0.4, 0.5) is 10.1 Å². The fourth-order valence-corrected chi connectivity index (χ4v) is 10.9. The van der Waals surface area contributed by atoms with Crippen LogP contribution in [-0.2, 0) is 33.0 Å². The lowest BCUT2D eigenvalue weighted by Gasteiger charge is -2.51. The van der Waals surface area contributed by atoms with Crippen molar-refractivity contribution in [2.75, 3.05) is 37.6 Å². The summed E-state index contributed by atoms with van der Waals surface area (Å²) in [5.41, 5.74) is 1.73. The Kier molecular flexibility index (Phi) is 9.72. The third kappa shape index (κ3) is 6.83. The Bertz CT molecular complexity index is 1740. The molecule has 0 spiro atoms. The molecule has 49 heavy (non-hydrogen) atoms. The van der Waals surface area contributed by atoms with E-state index in [9.17, 15) is 13.2 Å². The summed E-state index contributed by atoms with van der Waals surface area (Å²) >= 11 is 0. The van der Waals surface area contributed by atoms with Crippen molar-refractivity contribution in [2.24, 2.45) is 17.8 Å². The average Bonchev–Trinajstić information content (AvgIpc) is 3.72. The number of nitrogens with one attached hydrogen (secondary N) is 1. The van der Waals surface area contributed by atoms with Crippen LogP contribution in [0.5, 0.6) is 0 Å². The SMILES string of the molecule is C=CC(=O)N[C@H]1CCC[C@@H]1[C@](Cn1ccnc1CC)(c1cccc(F)c1)C1CCN(CC2CN(c3ccc(S(=O)(=O)C4CC4)cc3)C2)CC1. The summed E-state index contributed by atoms with van der Waals surface area (Å²) in [6, 6.07) is 14.7. The maximum absolute atomic E-state index is 15.1. The van der Waals surface area contributed by atoms with E-state index in [-0.39, 0.29) is 34.3 Å². The van der Waals surface area contributed by atoms with E-state index in [1.807, 2.05) is 24.4 Å². The zero-order valence-electron chi connectivity index (χ0n) is 28.6. The van der Waals surface area contributed by atoms with Gasteiger partial charge in [0.25, 0.3) is 0 Å². The number of nitrogens with zero attached hydrogens (tertiary/aromatic N) is 4. The second-order valence-electron chi connectivity index (χ2n) is 14.8. The van der Waals surface area contributed by atoms with E-state index in [1.165, 1.54) is 12.1 Å². The Morgan fingerprint density at radius 1 is 1.06 bits per heavy atom. The number of imidazole rings is 1. The van der Waals surface area contributed by atoms with Crippen LogP contribution < -0.4 is 10.2 Å². The van der Waals surface area contributed by atoms with Crippen molar-refractivity contribution in [1.29, 1.82) is 0 Å². The molecule has 0 radical (unpaired) electrons. The number of carbonyl (C=O) groups excluding carboxylic acids is 1. The molecule has 10 heteroatoms. The smallest absolute Gasteiger partial charge is 0.243 e. The minimum atomic E-state index is -3.17. The number of hydrogen-bond acceptors (Lipinski definition) is 6. The van der Waals surface area contributed by atoms with Gasteiger partial charge in [-0.15, -0.1) is 0 Å². The first-order chi connectivity index (χ1) is 23.7. The highest BCUT2D eigenvalue weighted by Crippen LogP contribution is 2.52. The van der Waals surface area contributed by atoms with Crippen LogP contribution >= 0.6 is 0 Å². The van der Waals surface area contributed by atoms with Crippen LogP contribution in [-0.4, -0.2) is 72.8 Å². The molecule has 4 fully saturated rings. The van der Waals surface area contributed by atoms with E-state index in [1.54, 1.807) is 18.2 Å². The first kappa shape index (κ1) is 34.0. The van der Waals surface area contributed by atoms with Crippen molar-refractivity contribution in [3.8, 4) is 0 Å². The van der Waals surface area contributed by atoms with Gasteiger partial charge in [-0.3, -0.25) is 4.79 Å². The Hall–Kier alpha value is -3.50. The topological polar surface area (TPSA) is 87.5 Å². The van der Waals surface area contributed by atoms with Gasteiger partial charge in [0, 0.05) is 68.1 Å². The van der Waals surface area contributed by atoms with Crippen molar-refractivity contribution in [2.45, 2.75) is 86.4 Å². The molecule has 3 heterocycles. The Labute approximate surface area is 290 Å². The predicted octanol–water partition coefficient (Wildman–Crippen LogP) is 5.78. The maximum Gasteiger partial charge on any atom is 0.243 e. The van der Waals surface area contributed by atoms with Gasteiger partial charge in [-0.25, -0.2) is 17.8 Å². The lowest BCUT2D eigenvalue weighted by atomic mass is 9.58. The maximum atomic E-state index is 15.1. The third-order valence-corrected chi connectivity index (χ3v) is 14.2. The first-order valence-electron chi connectivity index (χ1n) is 18.2. The predicted molar refractivity (Wildman–Crippen MR) is 191 cm³/mol. The fraction of sp³-hybridized carbons (Fsp3) is 0.538. The van der Waals surface area contributed by atoms with Crippen LogP contribution in [0.25, 0.3) is 0 Å². The number of benzene rings is 2. The molecule has 2 aliphatic carbocycles. The quantitative estimate of drug-likeness (QED) is 0.230. The molecular formula is C39H50FN5O3S. The van der Waals surface area contributed by atoms with Gasteiger partial charge in [0.05, 0.1) is 10.1 Å². The molecule has 2 saturated heterocycles. The summed E-state index contributed by atoms with van der Waals surface area (Å²) < 4.78 is 42.6. The molecule has 1 amide bonds. The zero-order valence-corrected chi connectivity index (χ0v) is 29.5. The molecule has 3 atom stereocenters. The van der Waals surface area contributed by atoms with Crippen molar-refractivity contribution in [1.82, 2.24) is 19.8 Å². The minimum Gasteiger partial charge on any atom is -0.371 e. The number of piperidine rings is 1. The highest BCUT2D eigenvalue weighted by Gasteiger charge is 2.52. The normalized spacial score (nSPS) is 23.6. The number of rotatable bonds is 13. The Morgan fingerprint density at radius 3 is 2.49 bits per heavy atom. The Morgan fingerprint density at radius 2 is 1.82 bits per heavy atom.